The molecule has 0 bridgehead atoms. The topological polar surface area (TPSA) is 61.8 Å². The standard InChI is InChI=1S/C13H14O5/c1-16-5-4-10(14)7-11(15)9-2-3-12-13(6-9)18-8-17-12/h2-3,6H,4-5,7-8H2,1H3. The minimum atomic E-state index is -0.214. The molecule has 0 aromatic heterocycles. The molecule has 5 nitrogen and oxygen atoms in total. The molecule has 5 heteroatoms. The number of fused-ring (bicyclic) bond motifs is 1. The van der Waals surface area contributed by atoms with Gasteiger partial charge in [0.05, 0.1) is 13.0 Å². The number of Topliss-reactive ketones (excluding diaryl/α,β-unsaturated/α-hetero) is 2. The smallest absolute Gasteiger partial charge is 0.231 e. The van der Waals surface area contributed by atoms with E-state index in [-0.39, 0.29) is 31.2 Å². The molecule has 1 heterocycles. The summed E-state index contributed by atoms with van der Waals surface area (Å²) in [6.07, 6.45) is 0.149. The molecule has 0 saturated heterocycles. The Morgan fingerprint density at radius 1 is 1.28 bits per heavy atom. The molecule has 0 saturated carbocycles. The van der Waals surface area contributed by atoms with E-state index < -0.39 is 0 Å². The van der Waals surface area contributed by atoms with Gasteiger partial charge >= 0.3 is 0 Å². The van der Waals surface area contributed by atoms with Crippen LogP contribution in [0.1, 0.15) is 23.2 Å². The summed E-state index contributed by atoms with van der Waals surface area (Å²) in [5, 5.41) is 0. The van der Waals surface area contributed by atoms with E-state index in [2.05, 4.69) is 0 Å². The van der Waals surface area contributed by atoms with Crippen LogP contribution in [0.15, 0.2) is 18.2 Å². The average molecular weight is 250 g/mol. The van der Waals surface area contributed by atoms with Crippen LogP contribution < -0.4 is 9.47 Å². The zero-order valence-corrected chi connectivity index (χ0v) is 10.1. The third kappa shape index (κ3) is 2.87. The number of carbonyl (C=O) groups excluding carboxylic acids is 2. The molecule has 0 aliphatic carbocycles. The van der Waals surface area contributed by atoms with E-state index in [0.29, 0.717) is 23.7 Å². The molecule has 0 fully saturated rings. The Morgan fingerprint density at radius 2 is 2.06 bits per heavy atom. The largest absolute Gasteiger partial charge is 0.454 e. The van der Waals surface area contributed by atoms with Gasteiger partial charge in [0.25, 0.3) is 0 Å². The number of hydrogen-bond donors (Lipinski definition) is 0. The molecule has 1 aromatic rings. The summed E-state index contributed by atoms with van der Waals surface area (Å²) < 4.78 is 15.1. The lowest BCUT2D eigenvalue weighted by atomic mass is 10.0. The molecule has 0 N–H and O–H groups in total. The fraction of sp³-hybridized carbons (Fsp3) is 0.385. The van der Waals surface area contributed by atoms with Crippen LogP contribution in [0.25, 0.3) is 0 Å². The van der Waals surface area contributed by atoms with Crippen LogP contribution in [-0.2, 0) is 9.53 Å². The first-order valence-electron chi connectivity index (χ1n) is 5.64. The Balaban J connectivity index is 1.99. The minimum Gasteiger partial charge on any atom is -0.454 e. The summed E-state index contributed by atoms with van der Waals surface area (Å²) in [6.45, 7) is 0.507. The molecule has 96 valence electrons. The Bertz CT molecular complexity index is 466. The predicted octanol–water partition coefficient (Wildman–Crippen LogP) is 1.59. The monoisotopic (exact) mass is 250 g/mol. The second-order valence-electron chi connectivity index (χ2n) is 3.95. The zero-order chi connectivity index (χ0) is 13.0. The van der Waals surface area contributed by atoms with Gasteiger partial charge in [0.15, 0.2) is 17.3 Å². The van der Waals surface area contributed by atoms with Crippen molar-refractivity contribution in [3.63, 3.8) is 0 Å². The van der Waals surface area contributed by atoms with Gasteiger partial charge < -0.3 is 14.2 Å². The minimum absolute atomic E-state index is 0.108. The zero-order valence-electron chi connectivity index (χ0n) is 10.1. The second kappa shape index (κ2) is 5.64. The fourth-order valence-electron chi connectivity index (χ4n) is 1.66. The Labute approximate surface area is 105 Å². The summed E-state index contributed by atoms with van der Waals surface area (Å²) >= 11 is 0. The van der Waals surface area contributed by atoms with Gasteiger partial charge in [0.2, 0.25) is 6.79 Å². The molecule has 0 radical (unpaired) electrons. The summed E-state index contributed by atoms with van der Waals surface area (Å²) in [6, 6.07) is 4.92. The maximum Gasteiger partial charge on any atom is 0.231 e. The quantitative estimate of drug-likeness (QED) is 0.566. The van der Waals surface area contributed by atoms with Gasteiger partial charge in [-0.05, 0) is 18.2 Å². The predicted molar refractivity (Wildman–Crippen MR) is 63.0 cm³/mol. The molecule has 0 unspecified atom stereocenters. The summed E-state index contributed by atoms with van der Waals surface area (Å²) in [5.41, 5.74) is 0.463. The van der Waals surface area contributed by atoms with Crippen LogP contribution in [0.5, 0.6) is 11.5 Å². The van der Waals surface area contributed by atoms with E-state index in [9.17, 15) is 9.59 Å². The van der Waals surface area contributed by atoms with Gasteiger partial charge in [0, 0.05) is 19.1 Å². The van der Waals surface area contributed by atoms with Gasteiger partial charge in [-0.25, -0.2) is 0 Å². The van der Waals surface area contributed by atoms with Gasteiger partial charge in [-0.2, -0.15) is 0 Å². The van der Waals surface area contributed by atoms with E-state index in [1.54, 1.807) is 18.2 Å². The van der Waals surface area contributed by atoms with Crippen molar-refractivity contribution in [1.82, 2.24) is 0 Å². The summed E-state index contributed by atoms with van der Waals surface area (Å²) in [7, 11) is 1.52. The average Bonchev–Trinajstić information content (AvgIpc) is 2.83. The number of benzene rings is 1. The van der Waals surface area contributed by atoms with Gasteiger partial charge in [0.1, 0.15) is 5.78 Å². The third-order valence-electron chi connectivity index (χ3n) is 2.64. The highest BCUT2D eigenvalue weighted by atomic mass is 16.7. The number of carbonyl (C=O) groups is 2. The first-order chi connectivity index (χ1) is 8.70. The van der Waals surface area contributed by atoms with Crippen molar-refractivity contribution >= 4 is 11.6 Å². The van der Waals surface area contributed by atoms with Crippen LogP contribution in [0.2, 0.25) is 0 Å². The lowest BCUT2D eigenvalue weighted by Gasteiger charge is -2.02. The lowest BCUT2D eigenvalue weighted by Crippen LogP contribution is -2.10. The summed E-state index contributed by atoms with van der Waals surface area (Å²) in [4.78, 5) is 23.3. The molecule has 1 aliphatic rings. The Morgan fingerprint density at radius 3 is 2.83 bits per heavy atom. The number of methoxy groups -OCH3 is 1. The Hall–Kier alpha value is -1.88. The number of rotatable bonds is 6. The third-order valence-corrected chi connectivity index (χ3v) is 2.64. The highest BCUT2D eigenvalue weighted by Gasteiger charge is 2.17. The summed E-state index contributed by atoms with van der Waals surface area (Å²) in [5.74, 6) is 0.830. The molecular weight excluding hydrogens is 236 g/mol. The Kier molecular flexibility index (Phi) is 3.94. The van der Waals surface area contributed by atoms with Crippen molar-refractivity contribution in [2.24, 2.45) is 0 Å². The van der Waals surface area contributed by atoms with E-state index in [4.69, 9.17) is 14.2 Å². The molecule has 1 aliphatic heterocycles. The van der Waals surface area contributed by atoms with Gasteiger partial charge in [-0.15, -0.1) is 0 Å². The first-order valence-corrected chi connectivity index (χ1v) is 5.64. The van der Waals surface area contributed by atoms with Crippen molar-refractivity contribution in [1.29, 1.82) is 0 Å². The van der Waals surface area contributed by atoms with Crippen molar-refractivity contribution < 1.29 is 23.8 Å². The molecule has 0 spiro atoms. The van der Waals surface area contributed by atoms with E-state index in [0.717, 1.165) is 0 Å². The molecule has 0 amide bonds. The van der Waals surface area contributed by atoms with Crippen LogP contribution in [0.3, 0.4) is 0 Å². The van der Waals surface area contributed by atoms with Gasteiger partial charge in [-0.1, -0.05) is 0 Å². The van der Waals surface area contributed by atoms with Crippen LogP contribution in [0, 0.1) is 0 Å². The van der Waals surface area contributed by atoms with Crippen LogP contribution in [-0.4, -0.2) is 32.1 Å². The normalized spacial score (nSPS) is 12.5. The second-order valence-corrected chi connectivity index (χ2v) is 3.95. The van der Waals surface area contributed by atoms with Crippen molar-refractivity contribution in [3.8, 4) is 11.5 Å². The molecule has 18 heavy (non-hydrogen) atoms. The van der Waals surface area contributed by atoms with E-state index in [1.807, 2.05) is 0 Å². The van der Waals surface area contributed by atoms with E-state index >= 15 is 0 Å². The number of ketones is 2. The fourth-order valence-corrected chi connectivity index (χ4v) is 1.66. The van der Waals surface area contributed by atoms with E-state index in [1.165, 1.54) is 7.11 Å². The number of hydrogen-bond acceptors (Lipinski definition) is 5. The SMILES string of the molecule is COCCC(=O)CC(=O)c1ccc2c(c1)OCO2. The van der Waals surface area contributed by atoms with Crippen LogP contribution >= 0.6 is 0 Å². The number of ether oxygens (including phenoxy) is 3. The highest BCUT2D eigenvalue weighted by Crippen LogP contribution is 2.32. The van der Waals surface area contributed by atoms with Gasteiger partial charge in [-0.3, -0.25) is 9.59 Å². The first kappa shape index (κ1) is 12.6. The van der Waals surface area contributed by atoms with Crippen LogP contribution in [0.4, 0.5) is 0 Å². The molecule has 1 aromatic carbocycles. The van der Waals surface area contributed by atoms with Crippen molar-refractivity contribution in [3.05, 3.63) is 23.8 Å². The van der Waals surface area contributed by atoms with Crippen molar-refractivity contribution in [2.45, 2.75) is 12.8 Å². The van der Waals surface area contributed by atoms with Crippen molar-refractivity contribution in [2.75, 3.05) is 20.5 Å². The lowest BCUT2D eigenvalue weighted by molar-refractivity contribution is -0.119. The molecule has 2 rings (SSSR count). The maximum absolute atomic E-state index is 11.9. The molecule has 0 atom stereocenters. The highest BCUT2D eigenvalue weighted by molar-refractivity contribution is 6.08. The molecular formula is C13H14O5. The maximum atomic E-state index is 11.9.